The molecule has 0 saturated carbocycles. The molecular formula is C26H30F3N3O2. The second-order valence-corrected chi connectivity index (χ2v) is 9.35. The highest BCUT2D eigenvalue weighted by Gasteiger charge is 2.52. The van der Waals surface area contributed by atoms with Gasteiger partial charge in [0.05, 0.1) is 6.04 Å². The summed E-state index contributed by atoms with van der Waals surface area (Å²) < 4.78 is 41.2. The van der Waals surface area contributed by atoms with Crippen LogP contribution in [0, 0.1) is 12.8 Å². The number of hydrogen-bond acceptors (Lipinski definition) is 3. The minimum absolute atomic E-state index is 0.164. The third kappa shape index (κ3) is 5.05. The van der Waals surface area contributed by atoms with Crippen molar-refractivity contribution in [3.63, 3.8) is 0 Å². The Morgan fingerprint density at radius 3 is 2.50 bits per heavy atom. The fourth-order valence-corrected chi connectivity index (χ4v) is 5.16. The summed E-state index contributed by atoms with van der Waals surface area (Å²) in [5, 5.41) is 8.60. The van der Waals surface area contributed by atoms with Gasteiger partial charge >= 0.3 is 6.18 Å². The van der Waals surface area contributed by atoms with Crippen LogP contribution in [0.1, 0.15) is 61.3 Å². The van der Waals surface area contributed by atoms with Gasteiger partial charge in [-0.1, -0.05) is 61.4 Å². The molecule has 2 amide bonds. The van der Waals surface area contributed by atoms with Crippen molar-refractivity contribution in [1.29, 1.82) is 0 Å². The molecule has 2 aromatic carbocycles. The molecule has 0 aromatic heterocycles. The Morgan fingerprint density at radius 1 is 1.09 bits per heavy atom. The number of piperidine rings is 1. The summed E-state index contributed by atoms with van der Waals surface area (Å²) in [6.07, 6.45) is -2.26. The lowest BCUT2D eigenvalue weighted by molar-refractivity contribution is -0.175. The Balaban J connectivity index is 1.58. The van der Waals surface area contributed by atoms with Crippen LogP contribution in [-0.4, -0.2) is 30.1 Å². The van der Waals surface area contributed by atoms with Crippen LogP contribution >= 0.6 is 0 Å². The molecule has 0 radical (unpaired) electrons. The number of nitrogens with one attached hydrogen (secondary N) is 3. The van der Waals surface area contributed by atoms with Crippen LogP contribution in [0.25, 0.3) is 0 Å². The Kier molecular flexibility index (Phi) is 6.86. The molecule has 5 nitrogen and oxygen atoms in total. The minimum Gasteiger partial charge on any atom is -0.382 e. The predicted molar refractivity (Wildman–Crippen MR) is 124 cm³/mol. The van der Waals surface area contributed by atoms with E-state index >= 15 is 0 Å². The molecule has 0 spiro atoms. The summed E-state index contributed by atoms with van der Waals surface area (Å²) in [7, 11) is 0. The van der Waals surface area contributed by atoms with Crippen molar-refractivity contribution < 1.29 is 22.8 Å². The monoisotopic (exact) mass is 473 g/mol. The third-order valence-electron chi connectivity index (χ3n) is 6.82. The number of anilines is 1. The maximum absolute atomic E-state index is 13.7. The van der Waals surface area contributed by atoms with Crippen molar-refractivity contribution in [3.05, 3.63) is 65.2 Å². The van der Waals surface area contributed by atoms with E-state index in [0.29, 0.717) is 12.0 Å². The Labute approximate surface area is 197 Å². The van der Waals surface area contributed by atoms with Gasteiger partial charge in [0.15, 0.2) is 0 Å². The Morgan fingerprint density at radius 2 is 1.82 bits per heavy atom. The Bertz CT molecular complexity index is 1040. The highest BCUT2D eigenvalue weighted by Crippen LogP contribution is 2.40. The summed E-state index contributed by atoms with van der Waals surface area (Å²) in [4.78, 5) is 26.0. The van der Waals surface area contributed by atoms with Crippen molar-refractivity contribution in [1.82, 2.24) is 10.6 Å². The van der Waals surface area contributed by atoms with Crippen LogP contribution in [-0.2, 0) is 9.59 Å². The summed E-state index contributed by atoms with van der Waals surface area (Å²) in [6.45, 7) is 4.06. The average molecular weight is 474 g/mol. The fraction of sp³-hybridized carbons (Fsp3) is 0.462. The van der Waals surface area contributed by atoms with Crippen LogP contribution in [0.15, 0.2) is 48.5 Å². The van der Waals surface area contributed by atoms with Crippen LogP contribution in [0.2, 0.25) is 0 Å². The third-order valence-corrected chi connectivity index (χ3v) is 6.82. The molecule has 8 heteroatoms. The lowest BCUT2D eigenvalue weighted by Crippen LogP contribution is -2.58. The maximum Gasteiger partial charge on any atom is 0.409 e. The topological polar surface area (TPSA) is 70.2 Å². The molecule has 0 bridgehead atoms. The molecule has 0 aliphatic carbocycles. The number of carbonyl (C=O) groups excluding carboxylic acids is 2. The largest absolute Gasteiger partial charge is 0.409 e. The molecule has 5 atom stereocenters. The number of rotatable bonds is 5. The first-order valence-corrected chi connectivity index (χ1v) is 11.8. The van der Waals surface area contributed by atoms with Gasteiger partial charge in [0.2, 0.25) is 11.8 Å². The molecule has 4 rings (SSSR count). The molecule has 2 aliphatic rings. The molecule has 182 valence electrons. The lowest BCUT2D eigenvalue weighted by atomic mass is 9.78. The van der Waals surface area contributed by atoms with E-state index < -0.39 is 35.9 Å². The SMILES string of the molecule is CCC[C@H]1CC(NC(=O)C2CC(c3ccccc3)C(C(F)(F)F)NC2=O)c2cc(C)ccc2N1. The zero-order valence-electron chi connectivity index (χ0n) is 19.3. The van der Waals surface area contributed by atoms with Crippen molar-refractivity contribution in [3.8, 4) is 0 Å². The van der Waals surface area contributed by atoms with E-state index in [9.17, 15) is 22.8 Å². The first kappa shape index (κ1) is 24.1. The zero-order chi connectivity index (χ0) is 24.5. The van der Waals surface area contributed by atoms with Crippen molar-refractivity contribution in [2.24, 2.45) is 5.92 Å². The fourth-order valence-electron chi connectivity index (χ4n) is 5.16. The maximum atomic E-state index is 13.7. The van der Waals surface area contributed by atoms with E-state index in [1.165, 1.54) is 0 Å². The van der Waals surface area contributed by atoms with Gasteiger partial charge in [-0.05, 0) is 43.4 Å². The first-order valence-electron chi connectivity index (χ1n) is 11.8. The normalized spacial score (nSPS) is 26.7. The van der Waals surface area contributed by atoms with Crippen LogP contribution in [0.4, 0.5) is 18.9 Å². The van der Waals surface area contributed by atoms with Gasteiger partial charge in [-0.15, -0.1) is 0 Å². The lowest BCUT2D eigenvalue weighted by Gasteiger charge is -2.38. The van der Waals surface area contributed by atoms with Gasteiger partial charge in [0, 0.05) is 17.6 Å². The minimum atomic E-state index is -4.61. The molecule has 1 saturated heterocycles. The van der Waals surface area contributed by atoms with Crippen LogP contribution in [0.3, 0.4) is 0 Å². The highest BCUT2D eigenvalue weighted by molar-refractivity contribution is 6.01. The van der Waals surface area contributed by atoms with Gasteiger partial charge in [-0.25, -0.2) is 0 Å². The van der Waals surface area contributed by atoms with Gasteiger partial charge in [0.1, 0.15) is 12.0 Å². The van der Waals surface area contributed by atoms with Gasteiger partial charge in [-0.2, -0.15) is 13.2 Å². The molecule has 34 heavy (non-hydrogen) atoms. The number of carbonyl (C=O) groups is 2. The number of halogens is 3. The zero-order valence-corrected chi connectivity index (χ0v) is 19.3. The summed E-state index contributed by atoms with van der Waals surface area (Å²) in [5.41, 5.74) is 3.37. The molecule has 2 aliphatic heterocycles. The van der Waals surface area contributed by atoms with Crippen molar-refractivity contribution in [2.75, 3.05) is 5.32 Å². The smallest absolute Gasteiger partial charge is 0.382 e. The van der Waals surface area contributed by atoms with Crippen LogP contribution in [0.5, 0.6) is 0 Å². The summed E-state index contributed by atoms with van der Waals surface area (Å²) in [5.74, 6) is -3.65. The standard InChI is InChI=1S/C26H30F3N3O2/c1-3-7-17-13-22(19-12-15(2)10-11-21(19)30-17)31-24(33)20-14-18(16-8-5-4-6-9-16)23(26(27,28)29)32-25(20)34/h4-6,8-12,17-18,20,22-23,30H,3,7,13-14H2,1-2H3,(H,31,33)(H,32,34)/t17-,18?,20?,22?,23?/m0/s1. The number of benzene rings is 2. The van der Waals surface area contributed by atoms with E-state index in [1.54, 1.807) is 30.3 Å². The number of alkyl halides is 3. The summed E-state index contributed by atoms with van der Waals surface area (Å²) >= 11 is 0. The van der Waals surface area contributed by atoms with Crippen LogP contribution < -0.4 is 16.0 Å². The molecule has 2 heterocycles. The van der Waals surface area contributed by atoms with Crippen molar-refractivity contribution >= 4 is 17.5 Å². The van der Waals surface area contributed by atoms with E-state index in [-0.39, 0.29) is 18.5 Å². The molecule has 4 unspecified atom stereocenters. The van der Waals surface area contributed by atoms with E-state index in [0.717, 1.165) is 29.7 Å². The number of hydrogen-bond donors (Lipinski definition) is 3. The van der Waals surface area contributed by atoms with Crippen molar-refractivity contribution in [2.45, 2.75) is 69.8 Å². The second-order valence-electron chi connectivity index (χ2n) is 9.35. The molecule has 2 aromatic rings. The van der Waals surface area contributed by atoms with E-state index in [4.69, 9.17) is 0 Å². The molecule has 1 fully saturated rings. The second kappa shape index (κ2) is 9.68. The molecular weight excluding hydrogens is 443 g/mol. The van der Waals surface area contributed by atoms with Gasteiger partial charge < -0.3 is 16.0 Å². The predicted octanol–water partition coefficient (Wildman–Crippen LogP) is 4.99. The van der Waals surface area contributed by atoms with E-state index in [1.807, 2.05) is 25.1 Å². The molecule has 3 N–H and O–H groups in total. The first-order chi connectivity index (χ1) is 16.2. The highest BCUT2D eigenvalue weighted by atomic mass is 19.4. The summed E-state index contributed by atoms with van der Waals surface area (Å²) in [6, 6.07) is 12.1. The quantitative estimate of drug-likeness (QED) is 0.536. The van der Waals surface area contributed by atoms with Gasteiger partial charge in [-0.3, -0.25) is 9.59 Å². The number of amides is 2. The van der Waals surface area contributed by atoms with E-state index in [2.05, 4.69) is 22.9 Å². The number of fused-ring (bicyclic) bond motifs is 1. The van der Waals surface area contributed by atoms with Gasteiger partial charge in [0.25, 0.3) is 0 Å². The Hall–Kier alpha value is -3.03. The number of aryl methyl sites for hydroxylation is 1. The average Bonchev–Trinajstić information content (AvgIpc) is 2.79.